The molecule has 1 aromatic carbocycles. The molecule has 1 aliphatic rings. The molecule has 3 nitrogen and oxygen atoms in total. The third kappa shape index (κ3) is 2.68. The van der Waals surface area contributed by atoms with Crippen molar-refractivity contribution < 1.29 is 9.84 Å². The van der Waals surface area contributed by atoms with Gasteiger partial charge in [-0.2, -0.15) is 0 Å². The molecule has 0 aliphatic carbocycles. The summed E-state index contributed by atoms with van der Waals surface area (Å²) in [6, 6.07) is 6.28. The lowest BCUT2D eigenvalue weighted by molar-refractivity contribution is 0.0498. The lowest BCUT2D eigenvalue weighted by atomic mass is 9.95. The Morgan fingerprint density at radius 2 is 2.22 bits per heavy atom. The van der Waals surface area contributed by atoms with E-state index >= 15 is 0 Å². The van der Waals surface area contributed by atoms with Gasteiger partial charge in [-0.05, 0) is 42.5 Å². The monoisotopic (exact) mass is 249 g/mol. The third-order valence-corrected chi connectivity index (χ3v) is 4.05. The number of methoxy groups -OCH3 is 1. The van der Waals surface area contributed by atoms with Crippen LogP contribution in [0.1, 0.15) is 24.5 Å². The molecule has 18 heavy (non-hydrogen) atoms. The number of nitrogens with zero attached hydrogens (tertiary/aromatic N) is 1. The van der Waals surface area contributed by atoms with Gasteiger partial charge in [0.2, 0.25) is 0 Å². The molecule has 1 N–H and O–H groups in total. The van der Waals surface area contributed by atoms with Crippen molar-refractivity contribution in [3.8, 4) is 0 Å². The van der Waals surface area contributed by atoms with Gasteiger partial charge in [0, 0.05) is 25.9 Å². The van der Waals surface area contributed by atoms with E-state index < -0.39 is 0 Å². The van der Waals surface area contributed by atoms with Gasteiger partial charge in [0.1, 0.15) is 0 Å². The minimum Gasteiger partial charge on any atom is -0.392 e. The smallest absolute Gasteiger partial charge is 0.0772 e. The van der Waals surface area contributed by atoms with Crippen molar-refractivity contribution in [2.45, 2.75) is 33.0 Å². The first-order chi connectivity index (χ1) is 8.65. The maximum Gasteiger partial charge on any atom is 0.0772 e. The fourth-order valence-corrected chi connectivity index (χ4v) is 2.63. The molecule has 1 aromatic rings. The summed E-state index contributed by atoms with van der Waals surface area (Å²) < 4.78 is 5.55. The van der Waals surface area contributed by atoms with Gasteiger partial charge in [-0.1, -0.05) is 13.0 Å². The van der Waals surface area contributed by atoms with Crippen molar-refractivity contribution >= 4 is 5.69 Å². The topological polar surface area (TPSA) is 32.7 Å². The maximum atomic E-state index is 9.20. The van der Waals surface area contributed by atoms with E-state index in [-0.39, 0.29) is 6.61 Å². The molecule has 2 rings (SSSR count). The summed E-state index contributed by atoms with van der Waals surface area (Å²) in [5.74, 6) is 0.629. The molecule has 1 saturated heterocycles. The standard InChI is InChI=1S/C15H23NO2/c1-11-6-7-16(9-15(11)18-3)14-5-4-13(10-17)12(2)8-14/h4-5,8,11,15,17H,6-7,9-10H2,1-3H3. The van der Waals surface area contributed by atoms with Gasteiger partial charge in [-0.3, -0.25) is 0 Å². The predicted octanol–water partition coefficient (Wildman–Crippen LogP) is 2.35. The number of aliphatic hydroxyl groups excluding tert-OH is 1. The molecule has 0 amide bonds. The third-order valence-electron chi connectivity index (χ3n) is 4.05. The molecule has 0 spiro atoms. The maximum absolute atomic E-state index is 9.20. The number of aryl methyl sites for hydroxylation is 1. The molecule has 1 heterocycles. The Bertz CT molecular complexity index is 405. The van der Waals surface area contributed by atoms with Gasteiger partial charge in [0.05, 0.1) is 12.7 Å². The molecule has 0 bridgehead atoms. The highest BCUT2D eigenvalue weighted by atomic mass is 16.5. The fraction of sp³-hybridized carbons (Fsp3) is 0.600. The van der Waals surface area contributed by atoms with Gasteiger partial charge in [-0.15, -0.1) is 0 Å². The van der Waals surface area contributed by atoms with Crippen LogP contribution in [0.2, 0.25) is 0 Å². The van der Waals surface area contributed by atoms with Crippen LogP contribution in [-0.4, -0.2) is 31.4 Å². The summed E-state index contributed by atoms with van der Waals surface area (Å²) in [6.45, 7) is 6.46. The van der Waals surface area contributed by atoms with Crippen LogP contribution in [0.5, 0.6) is 0 Å². The summed E-state index contributed by atoms with van der Waals surface area (Å²) in [5.41, 5.74) is 3.40. The Labute approximate surface area is 109 Å². The summed E-state index contributed by atoms with van der Waals surface area (Å²) in [5, 5.41) is 9.20. The van der Waals surface area contributed by atoms with Crippen LogP contribution in [0.15, 0.2) is 18.2 Å². The molecule has 1 fully saturated rings. The number of ether oxygens (including phenoxy) is 1. The average Bonchev–Trinajstić information content (AvgIpc) is 2.39. The molecule has 2 unspecified atom stereocenters. The summed E-state index contributed by atoms with van der Waals surface area (Å²) >= 11 is 0. The molecule has 0 saturated carbocycles. The number of hydrogen-bond acceptors (Lipinski definition) is 3. The number of anilines is 1. The largest absolute Gasteiger partial charge is 0.392 e. The van der Waals surface area contributed by atoms with Gasteiger partial charge in [0.25, 0.3) is 0 Å². The zero-order valence-electron chi connectivity index (χ0n) is 11.5. The highest BCUT2D eigenvalue weighted by Crippen LogP contribution is 2.26. The van der Waals surface area contributed by atoms with E-state index in [9.17, 15) is 5.11 Å². The number of piperidine rings is 1. The van der Waals surface area contributed by atoms with Crippen LogP contribution in [-0.2, 0) is 11.3 Å². The van der Waals surface area contributed by atoms with Crippen LogP contribution in [0.4, 0.5) is 5.69 Å². The minimum absolute atomic E-state index is 0.115. The molecule has 1 aliphatic heterocycles. The van der Waals surface area contributed by atoms with Gasteiger partial charge >= 0.3 is 0 Å². The van der Waals surface area contributed by atoms with E-state index in [0.29, 0.717) is 12.0 Å². The van der Waals surface area contributed by atoms with E-state index in [1.54, 1.807) is 7.11 Å². The Kier molecular flexibility index (Phi) is 4.25. The molecule has 2 atom stereocenters. The number of benzene rings is 1. The summed E-state index contributed by atoms with van der Waals surface area (Å²) in [7, 11) is 1.80. The van der Waals surface area contributed by atoms with Crippen molar-refractivity contribution in [3.05, 3.63) is 29.3 Å². The van der Waals surface area contributed by atoms with E-state index in [4.69, 9.17) is 4.74 Å². The van der Waals surface area contributed by atoms with Crippen LogP contribution in [0, 0.1) is 12.8 Å². The van der Waals surface area contributed by atoms with Crippen molar-refractivity contribution in [2.75, 3.05) is 25.1 Å². The van der Waals surface area contributed by atoms with E-state index in [0.717, 1.165) is 24.2 Å². The lowest BCUT2D eigenvalue weighted by Crippen LogP contribution is -2.43. The number of aliphatic hydroxyl groups is 1. The first-order valence-electron chi connectivity index (χ1n) is 6.64. The molecule has 0 radical (unpaired) electrons. The first-order valence-corrected chi connectivity index (χ1v) is 6.64. The summed E-state index contributed by atoms with van der Waals surface area (Å²) in [6.07, 6.45) is 1.48. The van der Waals surface area contributed by atoms with E-state index in [1.165, 1.54) is 12.1 Å². The van der Waals surface area contributed by atoms with Crippen molar-refractivity contribution in [1.29, 1.82) is 0 Å². The van der Waals surface area contributed by atoms with Crippen LogP contribution < -0.4 is 4.90 Å². The van der Waals surface area contributed by atoms with E-state index in [1.807, 2.05) is 6.07 Å². The number of hydrogen-bond donors (Lipinski definition) is 1. The van der Waals surface area contributed by atoms with Crippen LogP contribution in [0.3, 0.4) is 0 Å². The first kappa shape index (κ1) is 13.4. The Morgan fingerprint density at radius 1 is 1.44 bits per heavy atom. The fourth-order valence-electron chi connectivity index (χ4n) is 2.63. The molecular formula is C15H23NO2. The minimum atomic E-state index is 0.115. The highest BCUT2D eigenvalue weighted by molar-refractivity contribution is 5.51. The van der Waals surface area contributed by atoms with Crippen molar-refractivity contribution in [3.63, 3.8) is 0 Å². The van der Waals surface area contributed by atoms with Crippen molar-refractivity contribution in [1.82, 2.24) is 0 Å². The predicted molar refractivity (Wildman–Crippen MR) is 73.9 cm³/mol. The zero-order chi connectivity index (χ0) is 13.1. The zero-order valence-corrected chi connectivity index (χ0v) is 11.5. The SMILES string of the molecule is COC1CN(c2ccc(CO)c(C)c2)CCC1C. The molecule has 100 valence electrons. The molecule has 0 aromatic heterocycles. The molecule has 3 heteroatoms. The second-order valence-corrected chi connectivity index (χ2v) is 5.26. The second-order valence-electron chi connectivity index (χ2n) is 5.26. The Morgan fingerprint density at radius 3 is 2.83 bits per heavy atom. The van der Waals surface area contributed by atoms with E-state index in [2.05, 4.69) is 30.9 Å². The van der Waals surface area contributed by atoms with Gasteiger partial charge < -0.3 is 14.7 Å². The average molecular weight is 249 g/mol. The quantitative estimate of drug-likeness (QED) is 0.892. The van der Waals surface area contributed by atoms with Gasteiger partial charge in [0.15, 0.2) is 0 Å². The lowest BCUT2D eigenvalue weighted by Gasteiger charge is -2.37. The van der Waals surface area contributed by atoms with Gasteiger partial charge in [-0.25, -0.2) is 0 Å². The Hall–Kier alpha value is -1.06. The summed E-state index contributed by atoms with van der Waals surface area (Å²) in [4.78, 5) is 2.38. The molecular weight excluding hydrogens is 226 g/mol. The normalized spacial score (nSPS) is 24.3. The van der Waals surface area contributed by atoms with Crippen molar-refractivity contribution in [2.24, 2.45) is 5.92 Å². The Balaban J connectivity index is 2.14. The van der Waals surface area contributed by atoms with Crippen LogP contribution in [0.25, 0.3) is 0 Å². The highest BCUT2D eigenvalue weighted by Gasteiger charge is 2.26. The second kappa shape index (κ2) is 5.72. The number of rotatable bonds is 3. The van der Waals surface area contributed by atoms with Crippen LogP contribution >= 0.6 is 0 Å².